The second kappa shape index (κ2) is 9.85. The van der Waals surface area contributed by atoms with Gasteiger partial charge in [0.15, 0.2) is 0 Å². The highest BCUT2D eigenvalue weighted by Crippen LogP contribution is 2.44. The molecule has 35 heavy (non-hydrogen) atoms. The second-order valence-electron chi connectivity index (χ2n) is 8.55. The smallest absolute Gasteiger partial charge is 0.411 e. The third-order valence-corrected chi connectivity index (χ3v) is 6.42. The van der Waals surface area contributed by atoms with Crippen LogP contribution in [0.25, 0.3) is 11.1 Å². The summed E-state index contributed by atoms with van der Waals surface area (Å²) in [5, 5.41) is 9.67. The lowest BCUT2D eigenvalue weighted by atomic mass is 9.97. The van der Waals surface area contributed by atoms with E-state index in [2.05, 4.69) is 24.3 Å². The number of aliphatic carboxylic acids is 1. The molecule has 5 rings (SSSR count). The molecule has 5 nitrogen and oxygen atoms in total. The molecule has 0 aliphatic heterocycles. The Hall–Kier alpha value is -4.38. The Bertz CT molecular complexity index is 1250. The second-order valence-corrected chi connectivity index (χ2v) is 8.55. The van der Waals surface area contributed by atoms with E-state index in [1.807, 2.05) is 84.9 Å². The first-order valence-corrected chi connectivity index (χ1v) is 11.6. The van der Waals surface area contributed by atoms with Gasteiger partial charge in [0, 0.05) is 5.92 Å². The summed E-state index contributed by atoms with van der Waals surface area (Å²) in [5.74, 6) is -1.21. The lowest BCUT2D eigenvalue weighted by molar-refractivity contribution is -0.138. The predicted molar refractivity (Wildman–Crippen MR) is 134 cm³/mol. The van der Waals surface area contributed by atoms with Gasteiger partial charge >= 0.3 is 12.1 Å². The molecule has 0 saturated heterocycles. The molecule has 0 radical (unpaired) electrons. The first-order valence-electron chi connectivity index (χ1n) is 11.6. The number of rotatable bonds is 7. The van der Waals surface area contributed by atoms with Crippen LogP contribution in [-0.4, -0.2) is 35.2 Å². The highest BCUT2D eigenvalue weighted by atomic mass is 16.6. The minimum absolute atomic E-state index is 0.107. The quantitative estimate of drug-likeness (QED) is 0.359. The molecule has 174 valence electrons. The number of hydrogen-bond acceptors (Lipinski definition) is 3. The monoisotopic (exact) mass is 463 g/mol. The normalized spacial score (nSPS) is 12.1. The van der Waals surface area contributed by atoms with Crippen molar-refractivity contribution < 1.29 is 19.4 Å². The summed E-state index contributed by atoms with van der Waals surface area (Å²) >= 11 is 0. The van der Waals surface area contributed by atoms with Gasteiger partial charge in [-0.15, -0.1) is 0 Å². The Kier molecular flexibility index (Phi) is 6.31. The fourth-order valence-electron chi connectivity index (χ4n) is 4.91. The number of carboxylic acids is 1. The van der Waals surface area contributed by atoms with E-state index in [1.54, 1.807) is 0 Å². The summed E-state index contributed by atoms with van der Waals surface area (Å²) < 4.78 is 5.85. The van der Waals surface area contributed by atoms with Crippen molar-refractivity contribution in [2.45, 2.75) is 12.0 Å². The number of carbonyl (C=O) groups is 2. The summed E-state index contributed by atoms with van der Waals surface area (Å²) in [6.07, 6.45) is -0.660. The van der Waals surface area contributed by atoms with Gasteiger partial charge in [0.2, 0.25) is 0 Å². The predicted octanol–water partition coefficient (Wildman–Crippen LogP) is 6.11. The Morgan fingerprint density at radius 3 is 1.66 bits per heavy atom. The van der Waals surface area contributed by atoms with Gasteiger partial charge < -0.3 is 9.84 Å². The zero-order valence-electron chi connectivity index (χ0n) is 19.1. The van der Waals surface area contributed by atoms with Crippen molar-refractivity contribution in [3.05, 3.63) is 131 Å². The number of benzene rings is 4. The zero-order chi connectivity index (χ0) is 24.2. The molecule has 0 heterocycles. The van der Waals surface area contributed by atoms with Crippen molar-refractivity contribution in [3.8, 4) is 11.1 Å². The van der Waals surface area contributed by atoms with E-state index in [1.165, 1.54) is 4.90 Å². The number of amides is 1. The summed E-state index contributed by atoms with van der Waals surface area (Å²) in [7, 11) is 0. The van der Waals surface area contributed by atoms with Crippen molar-refractivity contribution >= 4 is 12.1 Å². The number of hydrogen-bond donors (Lipinski definition) is 1. The molecule has 0 bridgehead atoms. The molecule has 1 amide bonds. The first-order chi connectivity index (χ1) is 17.1. The van der Waals surface area contributed by atoms with Gasteiger partial charge in [-0.25, -0.2) is 4.79 Å². The lowest BCUT2D eigenvalue weighted by Crippen LogP contribution is -2.40. The zero-order valence-corrected chi connectivity index (χ0v) is 19.1. The van der Waals surface area contributed by atoms with Crippen molar-refractivity contribution in [3.63, 3.8) is 0 Å². The number of fused-ring (bicyclic) bond motifs is 3. The maximum atomic E-state index is 13.5. The average Bonchev–Trinajstić information content (AvgIpc) is 3.22. The van der Waals surface area contributed by atoms with Gasteiger partial charge in [0.05, 0.1) is 6.04 Å². The van der Waals surface area contributed by atoms with Gasteiger partial charge in [-0.05, 0) is 33.4 Å². The van der Waals surface area contributed by atoms with Crippen molar-refractivity contribution in [1.82, 2.24) is 4.90 Å². The van der Waals surface area contributed by atoms with Crippen LogP contribution in [0, 0.1) is 0 Å². The number of carbonyl (C=O) groups excluding carboxylic acids is 1. The maximum Gasteiger partial charge on any atom is 0.411 e. The Labute approximate surface area is 204 Å². The molecule has 1 N–H and O–H groups in total. The van der Waals surface area contributed by atoms with Crippen LogP contribution in [0.15, 0.2) is 109 Å². The summed E-state index contributed by atoms with van der Waals surface area (Å²) in [5.41, 5.74) is 6.11. The topological polar surface area (TPSA) is 66.8 Å². The molecule has 1 aliphatic carbocycles. The molecule has 0 aromatic heterocycles. The van der Waals surface area contributed by atoms with Crippen molar-refractivity contribution in [2.24, 2.45) is 0 Å². The van der Waals surface area contributed by atoms with Crippen LogP contribution in [0.5, 0.6) is 0 Å². The van der Waals surface area contributed by atoms with Crippen LogP contribution in [0.2, 0.25) is 0 Å². The molecular formula is C30H25NO4. The number of carboxylic acid groups (broad SMARTS) is 1. The fourth-order valence-corrected chi connectivity index (χ4v) is 4.91. The number of ether oxygens (including phenoxy) is 1. The van der Waals surface area contributed by atoms with E-state index in [9.17, 15) is 14.7 Å². The molecule has 4 aromatic rings. The molecule has 0 spiro atoms. The van der Waals surface area contributed by atoms with E-state index in [-0.39, 0.29) is 12.5 Å². The third-order valence-electron chi connectivity index (χ3n) is 6.42. The molecule has 0 atom stereocenters. The highest BCUT2D eigenvalue weighted by molar-refractivity contribution is 5.80. The van der Waals surface area contributed by atoms with Crippen LogP contribution in [-0.2, 0) is 9.53 Å². The Balaban J connectivity index is 1.45. The molecule has 4 aromatic carbocycles. The van der Waals surface area contributed by atoms with Gasteiger partial charge in [0.1, 0.15) is 13.2 Å². The lowest BCUT2D eigenvalue weighted by Gasteiger charge is -2.31. The molecule has 0 fully saturated rings. The molecular weight excluding hydrogens is 438 g/mol. The average molecular weight is 464 g/mol. The fraction of sp³-hybridized carbons (Fsp3) is 0.133. The number of nitrogens with zero attached hydrogens (tertiary/aromatic N) is 1. The molecule has 0 unspecified atom stereocenters. The van der Waals surface area contributed by atoms with E-state index in [0.29, 0.717) is 0 Å². The first kappa shape index (κ1) is 22.4. The van der Waals surface area contributed by atoms with Crippen LogP contribution < -0.4 is 0 Å². The largest absolute Gasteiger partial charge is 0.480 e. The third kappa shape index (κ3) is 4.53. The van der Waals surface area contributed by atoms with Crippen LogP contribution in [0.1, 0.15) is 34.2 Å². The van der Waals surface area contributed by atoms with Crippen LogP contribution in [0.4, 0.5) is 4.79 Å². The van der Waals surface area contributed by atoms with E-state index < -0.39 is 24.6 Å². The summed E-state index contributed by atoms with van der Waals surface area (Å²) in [6.45, 7) is -0.357. The minimum Gasteiger partial charge on any atom is -0.480 e. The summed E-state index contributed by atoms with van der Waals surface area (Å²) in [6, 6.07) is 34.5. The van der Waals surface area contributed by atoms with E-state index in [0.717, 1.165) is 33.4 Å². The standard InChI is InChI=1S/C30H25NO4/c32-28(33)19-31(29(21-11-3-1-4-12-21)22-13-5-2-6-14-22)30(34)35-20-27-25-17-9-7-15-23(25)24-16-8-10-18-26(24)27/h1-18,27,29H,19-20H2,(H,32,33). The SMILES string of the molecule is O=C(O)CN(C(=O)OCC1c2ccccc2-c2ccccc21)C(c1ccccc1)c1ccccc1. The van der Waals surface area contributed by atoms with Crippen LogP contribution >= 0.6 is 0 Å². The van der Waals surface area contributed by atoms with E-state index >= 15 is 0 Å². The van der Waals surface area contributed by atoms with Crippen molar-refractivity contribution in [2.75, 3.05) is 13.2 Å². The molecule has 0 saturated carbocycles. The summed E-state index contributed by atoms with van der Waals surface area (Å²) in [4.78, 5) is 26.6. The maximum absolute atomic E-state index is 13.5. The van der Waals surface area contributed by atoms with Crippen LogP contribution in [0.3, 0.4) is 0 Å². The van der Waals surface area contributed by atoms with Gasteiger partial charge in [-0.1, -0.05) is 109 Å². The van der Waals surface area contributed by atoms with Gasteiger partial charge in [0.25, 0.3) is 0 Å². The van der Waals surface area contributed by atoms with Crippen molar-refractivity contribution in [1.29, 1.82) is 0 Å². The molecule has 5 heteroatoms. The minimum atomic E-state index is -1.10. The van der Waals surface area contributed by atoms with Gasteiger partial charge in [-0.3, -0.25) is 9.69 Å². The van der Waals surface area contributed by atoms with Gasteiger partial charge in [-0.2, -0.15) is 0 Å². The van der Waals surface area contributed by atoms with E-state index in [4.69, 9.17) is 4.74 Å². The Morgan fingerprint density at radius 2 is 1.17 bits per heavy atom. The highest BCUT2D eigenvalue weighted by Gasteiger charge is 2.33. The molecule has 1 aliphatic rings. The Morgan fingerprint density at radius 1 is 0.714 bits per heavy atom.